The van der Waals surface area contributed by atoms with Crippen molar-refractivity contribution in [3.8, 4) is 0 Å². The van der Waals surface area contributed by atoms with Gasteiger partial charge in [-0.3, -0.25) is 9.59 Å². The SMILES string of the molecule is C=C1[C@@H](O)CC2C(=CCC3[C@@]2(C)C(=O)C[C@]2(C)C(C(C)(O)C(=O)CCC(C)(C)O)[C@H](O)C[C@@]32C)C1(C)C. The lowest BCUT2D eigenvalue weighted by Crippen LogP contribution is -2.65. The standard InChI is InChI=1S/C31H48O6/c1-17-20(32)14-19-18(27(17,4)5)10-11-22-28(6)15-21(33)25(29(28,7)16-24(35)30(19,22)8)31(9,37)23(34)12-13-26(2,3)36/h10,19-22,25,32-33,36-37H,1,11-16H2,2-9H3/t19?,20-,21+,22?,25?,28-,29+,30-,31?/m0/s1. The first-order chi connectivity index (χ1) is 16.7. The van der Waals surface area contributed by atoms with E-state index >= 15 is 0 Å². The number of hydrogen-bond donors (Lipinski definition) is 4. The molecular weight excluding hydrogens is 468 g/mol. The highest BCUT2D eigenvalue weighted by Gasteiger charge is 2.74. The zero-order chi connectivity index (χ0) is 28.1. The van der Waals surface area contributed by atoms with Crippen LogP contribution in [0.1, 0.15) is 93.9 Å². The van der Waals surface area contributed by atoms with E-state index in [2.05, 4.69) is 33.4 Å². The maximum atomic E-state index is 14.3. The first-order valence-corrected chi connectivity index (χ1v) is 13.9. The van der Waals surface area contributed by atoms with Crippen LogP contribution in [0.25, 0.3) is 0 Å². The van der Waals surface area contributed by atoms with Crippen molar-refractivity contribution in [2.24, 2.45) is 39.4 Å². The molecule has 0 saturated heterocycles. The Balaban J connectivity index is 1.77. The monoisotopic (exact) mass is 516 g/mol. The summed E-state index contributed by atoms with van der Waals surface area (Å²) in [7, 11) is 0. The number of allylic oxidation sites excluding steroid dienone is 2. The van der Waals surface area contributed by atoms with Gasteiger partial charge in [0.25, 0.3) is 0 Å². The summed E-state index contributed by atoms with van der Waals surface area (Å²) in [6, 6.07) is 0. The van der Waals surface area contributed by atoms with Crippen molar-refractivity contribution in [3.05, 3.63) is 23.8 Å². The first-order valence-electron chi connectivity index (χ1n) is 13.9. The average molecular weight is 517 g/mol. The Morgan fingerprint density at radius 2 is 1.68 bits per heavy atom. The van der Waals surface area contributed by atoms with Crippen LogP contribution < -0.4 is 0 Å². The number of carbonyl (C=O) groups excluding carboxylic acids is 2. The highest BCUT2D eigenvalue weighted by Crippen LogP contribution is 2.74. The number of Topliss-reactive ketones (excluding diaryl/α,β-unsaturated/α-hetero) is 2. The second-order valence-corrected chi connectivity index (χ2v) is 14.8. The fraction of sp³-hybridized carbons (Fsp3) is 0.806. The minimum absolute atomic E-state index is 0.00731. The molecule has 0 amide bonds. The van der Waals surface area contributed by atoms with Crippen LogP contribution >= 0.6 is 0 Å². The second kappa shape index (κ2) is 8.33. The Kier molecular flexibility index (Phi) is 6.45. The summed E-state index contributed by atoms with van der Waals surface area (Å²) in [5, 5.41) is 44.2. The fourth-order valence-electron chi connectivity index (χ4n) is 9.32. The van der Waals surface area contributed by atoms with Gasteiger partial charge in [-0.1, -0.05) is 52.8 Å². The van der Waals surface area contributed by atoms with Gasteiger partial charge >= 0.3 is 0 Å². The average Bonchev–Trinajstić information content (AvgIpc) is 2.96. The third kappa shape index (κ3) is 3.80. The molecule has 208 valence electrons. The van der Waals surface area contributed by atoms with Crippen LogP contribution in [0, 0.1) is 39.4 Å². The molecule has 4 unspecified atom stereocenters. The number of fused-ring (bicyclic) bond motifs is 5. The van der Waals surface area contributed by atoms with E-state index in [0.717, 1.165) is 5.57 Å². The van der Waals surface area contributed by atoms with E-state index in [1.54, 1.807) is 13.8 Å². The van der Waals surface area contributed by atoms with Gasteiger partial charge in [-0.2, -0.15) is 0 Å². The Hall–Kier alpha value is -1.34. The molecular formula is C31H48O6. The topological polar surface area (TPSA) is 115 Å². The molecule has 4 aliphatic carbocycles. The van der Waals surface area contributed by atoms with Crippen LogP contribution in [-0.2, 0) is 9.59 Å². The number of hydrogen-bond acceptors (Lipinski definition) is 6. The van der Waals surface area contributed by atoms with E-state index in [1.165, 1.54) is 12.5 Å². The fourth-order valence-corrected chi connectivity index (χ4v) is 9.32. The van der Waals surface area contributed by atoms with Crippen LogP contribution in [-0.4, -0.2) is 55.4 Å². The molecule has 0 aliphatic heterocycles. The van der Waals surface area contributed by atoms with Crippen LogP contribution in [0.15, 0.2) is 23.8 Å². The molecule has 3 fully saturated rings. The lowest BCUT2D eigenvalue weighted by Gasteiger charge is -2.65. The zero-order valence-corrected chi connectivity index (χ0v) is 24.0. The van der Waals surface area contributed by atoms with Crippen molar-refractivity contribution in [1.82, 2.24) is 0 Å². The minimum Gasteiger partial charge on any atom is -0.393 e. The summed E-state index contributed by atoms with van der Waals surface area (Å²) in [6.07, 6.45) is 2.50. The van der Waals surface area contributed by atoms with Gasteiger partial charge in [0.1, 0.15) is 11.4 Å². The van der Waals surface area contributed by atoms with Gasteiger partial charge < -0.3 is 20.4 Å². The number of aliphatic hydroxyl groups is 4. The highest BCUT2D eigenvalue weighted by atomic mass is 16.3. The van der Waals surface area contributed by atoms with E-state index in [4.69, 9.17) is 0 Å². The van der Waals surface area contributed by atoms with Crippen LogP contribution in [0.3, 0.4) is 0 Å². The molecule has 0 bridgehead atoms. The van der Waals surface area contributed by atoms with Crippen molar-refractivity contribution in [2.75, 3.05) is 0 Å². The summed E-state index contributed by atoms with van der Waals surface area (Å²) in [4.78, 5) is 27.6. The van der Waals surface area contributed by atoms with Crippen molar-refractivity contribution in [3.63, 3.8) is 0 Å². The molecule has 0 heterocycles. The van der Waals surface area contributed by atoms with Crippen molar-refractivity contribution in [1.29, 1.82) is 0 Å². The van der Waals surface area contributed by atoms with Gasteiger partial charge in [0.15, 0.2) is 5.78 Å². The van der Waals surface area contributed by atoms with Gasteiger partial charge in [0.2, 0.25) is 0 Å². The van der Waals surface area contributed by atoms with Crippen molar-refractivity contribution >= 4 is 11.6 Å². The van der Waals surface area contributed by atoms with E-state index in [9.17, 15) is 30.0 Å². The maximum Gasteiger partial charge on any atom is 0.164 e. The predicted octanol–water partition coefficient (Wildman–Crippen LogP) is 4.14. The molecule has 6 heteroatoms. The van der Waals surface area contributed by atoms with Crippen LogP contribution in [0.5, 0.6) is 0 Å². The number of ketones is 2. The summed E-state index contributed by atoms with van der Waals surface area (Å²) in [6.45, 7) is 19.2. The van der Waals surface area contributed by atoms with Crippen molar-refractivity contribution < 1.29 is 30.0 Å². The van der Waals surface area contributed by atoms with Gasteiger partial charge in [-0.15, -0.1) is 0 Å². The van der Waals surface area contributed by atoms with E-state index in [1.807, 2.05) is 13.8 Å². The Morgan fingerprint density at radius 1 is 1.08 bits per heavy atom. The molecule has 9 atom stereocenters. The van der Waals surface area contributed by atoms with Gasteiger partial charge in [-0.05, 0) is 74.7 Å². The first kappa shape index (κ1) is 28.7. The van der Waals surface area contributed by atoms with Gasteiger partial charge in [-0.25, -0.2) is 0 Å². The summed E-state index contributed by atoms with van der Waals surface area (Å²) >= 11 is 0. The van der Waals surface area contributed by atoms with E-state index < -0.39 is 56.8 Å². The normalized spacial score (nSPS) is 44.9. The molecule has 4 rings (SSSR count). The van der Waals surface area contributed by atoms with Crippen LogP contribution in [0.4, 0.5) is 0 Å². The maximum absolute atomic E-state index is 14.3. The summed E-state index contributed by atoms with van der Waals surface area (Å²) < 4.78 is 0. The third-order valence-corrected chi connectivity index (χ3v) is 11.8. The van der Waals surface area contributed by atoms with Gasteiger partial charge in [0.05, 0.1) is 17.8 Å². The second-order valence-electron chi connectivity index (χ2n) is 14.8. The Labute approximate surface area is 222 Å². The summed E-state index contributed by atoms with van der Waals surface area (Å²) in [5.74, 6) is -1.35. The molecule has 37 heavy (non-hydrogen) atoms. The quantitative estimate of drug-likeness (QED) is 0.408. The number of carbonyl (C=O) groups is 2. The minimum atomic E-state index is -1.83. The molecule has 0 aromatic heterocycles. The number of rotatable bonds is 5. The van der Waals surface area contributed by atoms with Gasteiger partial charge in [0, 0.05) is 29.6 Å². The molecule has 3 saturated carbocycles. The van der Waals surface area contributed by atoms with E-state index in [0.29, 0.717) is 19.3 Å². The molecule has 0 aromatic rings. The largest absolute Gasteiger partial charge is 0.393 e. The van der Waals surface area contributed by atoms with Crippen LogP contribution in [0.2, 0.25) is 0 Å². The lowest BCUT2D eigenvalue weighted by atomic mass is 9.38. The Bertz CT molecular complexity index is 1050. The molecule has 0 radical (unpaired) electrons. The highest BCUT2D eigenvalue weighted by molar-refractivity contribution is 5.90. The molecule has 0 spiro atoms. The zero-order valence-electron chi connectivity index (χ0n) is 24.0. The number of aliphatic hydroxyl groups excluding tert-OH is 2. The molecule has 0 aromatic carbocycles. The lowest BCUT2D eigenvalue weighted by molar-refractivity contribution is -0.183. The molecule has 6 nitrogen and oxygen atoms in total. The van der Waals surface area contributed by atoms with Crippen molar-refractivity contribution in [2.45, 2.75) is 117 Å². The van der Waals surface area contributed by atoms with E-state index in [-0.39, 0.29) is 36.9 Å². The Morgan fingerprint density at radius 3 is 2.24 bits per heavy atom. The molecule has 4 N–H and O–H groups in total. The third-order valence-electron chi connectivity index (χ3n) is 11.8. The predicted molar refractivity (Wildman–Crippen MR) is 142 cm³/mol. The smallest absolute Gasteiger partial charge is 0.164 e. The summed E-state index contributed by atoms with van der Waals surface area (Å²) in [5.41, 5.74) is -3.35. The molecule has 4 aliphatic rings.